The molecule has 0 bridgehead atoms. The van der Waals surface area contributed by atoms with Gasteiger partial charge in [-0.3, -0.25) is 4.79 Å². The van der Waals surface area contributed by atoms with Crippen molar-refractivity contribution in [3.8, 4) is 0 Å². The number of hydrogen-bond donors (Lipinski definition) is 1. The number of rotatable bonds is 4. The number of thioether (sulfide) groups is 1. The summed E-state index contributed by atoms with van der Waals surface area (Å²) in [6.45, 7) is 3.57. The van der Waals surface area contributed by atoms with Gasteiger partial charge in [0.2, 0.25) is 0 Å². The van der Waals surface area contributed by atoms with Crippen LogP contribution in [0.15, 0.2) is 24.3 Å². The highest BCUT2D eigenvalue weighted by atomic mass is 32.2. The molecule has 0 saturated carbocycles. The van der Waals surface area contributed by atoms with Crippen LogP contribution in [0.2, 0.25) is 0 Å². The minimum absolute atomic E-state index is 0.513. The Morgan fingerprint density at radius 1 is 1.44 bits per heavy atom. The van der Waals surface area contributed by atoms with Crippen LogP contribution in [0.4, 0.5) is 0 Å². The van der Waals surface area contributed by atoms with E-state index in [1.54, 1.807) is 25.6 Å². The Kier molecular flexibility index (Phi) is 4.00. The number of carboxylic acids is 1. The van der Waals surface area contributed by atoms with Crippen LogP contribution >= 0.6 is 11.8 Å². The van der Waals surface area contributed by atoms with Crippen LogP contribution in [0.3, 0.4) is 0 Å². The largest absolute Gasteiger partial charge is 0.480 e. The fraction of sp³-hybridized carbons (Fsp3) is 0.533. The number of fused-ring (bicyclic) bond motifs is 1. The summed E-state index contributed by atoms with van der Waals surface area (Å²) in [5.41, 5.74) is 2.87. The van der Waals surface area contributed by atoms with Crippen LogP contribution in [0.25, 0.3) is 0 Å². The third-order valence-electron chi connectivity index (χ3n) is 3.65. The lowest BCUT2D eigenvalue weighted by Gasteiger charge is -2.28. The minimum atomic E-state index is -0.725. The average Bonchev–Trinajstić information content (AvgIpc) is 2.36. The van der Waals surface area contributed by atoms with E-state index in [4.69, 9.17) is 5.11 Å². The van der Waals surface area contributed by atoms with E-state index in [9.17, 15) is 4.79 Å². The smallest absolute Gasteiger partial charge is 0.319 e. The van der Waals surface area contributed by atoms with Gasteiger partial charge >= 0.3 is 5.97 Å². The van der Waals surface area contributed by atoms with E-state index in [1.165, 1.54) is 30.4 Å². The van der Waals surface area contributed by atoms with E-state index in [1.807, 2.05) is 0 Å². The Hall–Kier alpha value is -0.960. The molecule has 3 heteroatoms. The van der Waals surface area contributed by atoms with E-state index < -0.39 is 10.7 Å². The summed E-state index contributed by atoms with van der Waals surface area (Å²) in [5, 5.41) is 9.15. The Morgan fingerprint density at radius 3 is 2.89 bits per heavy atom. The molecule has 1 N–H and O–H groups in total. The maximum atomic E-state index is 11.1. The van der Waals surface area contributed by atoms with Gasteiger partial charge in [-0.05, 0) is 50.2 Å². The zero-order valence-electron chi connectivity index (χ0n) is 11.0. The van der Waals surface area contributed by atoms with Crippen molar-refractivity contribution in [1.29, 1.82) is 0 Å². The van der Waals surface area contributed by atoms with Gasteiger partial charge in [0.15, 0.2) is 0 Å². The predicted molar refractivity (Wildman–Crippen MR) is 76.3 cm³/mol. The van der Waals surface area contributed by atoms with Crippen molar-refractivity contribution in [2.75, 3.05) is 5.75 Å². The summed E-state index contributed by atoms with van der Waals surface area (Å²) in [4.78, 5) is 11.1. The number of carboxylic acid groups (broad SMARTS) is 1. The zero-order valence-corrected chi connectivity index (χ0v) is 11.8. The highest BCUT2D eigenvalue weighted by molar-refractivity contribution is 8.01. The quantitative estimate of drug-likeness (QED) is 0.901. The van der Waals surface area contributed by atoms with Crippen LogP contribution < -0.4 is 0 Å². The second-order valence-corrected chi connectivity index (χ2v) is 7.06. The fourth-order valence-electron chi connectivity index (χ4n) is 2.40. The molecule has 1 aliphatic carbocycles. The van der Waals surface area contributed by atoms with E-state index in [0.717, 1.165) is 5.75 Å². The van der Waals surface area contributed by atoms with Crippen LogP contribution in [0.5, 0.6) is 0 Å². The van der Waals surface area contributed by atoms with Crippen molar-refractivity contribution in [3.05, 3.63) is 35.4 Å². The van der Waals surface area contributed by atoms with Gasteiger partial charge in [0.1, 0.15) is 4.75 Å². The average molecular weight is 264 g/mol. The molecule has 2 rings (SSSR count). The molecule has 0 heterocycles. The minimum Gasteiger partial charge on any atom is -0.480 e. The summed E-state index contributed by atoms with van der Waals surface area (Å²) in [5.74, 6) is 0.686. The topological polar surface area (TPSA) is 37.3 Å². The Balaban J connectivity index is 2.06. The van der Waals surface area contributed by atoms with Crippen LogP contribution in [0, 0.1) is 0 Å². The lowest BCUT2D eigenvalue weighted by atomic mass is 9.84. The van der Waals surface area contributed by atoms with E-state index in [0.29, 0.717) is 5.92 Å². The normalized spacial score (nSPS) is 19.3. The van der Waals surface area contributed by atoms with Crippen LogP contribution in [-0.2, 0) is 11.2 Å². The van der Waals surface area contributed by atoms with Gasteiger partial charge in [0.25, 0.3) is 0 Å². The molecule has 98 valence electrons. The van der Waals surface area contributed by atoms with Crippen molar-refractivity contribution >= 4 is 17.7 Å². The van der Waals surface area contributed by atoms with Gasteiger partial charge in [-0.15, -0.1) is 11.8 Å². The van der Waals surface area contributed by atoms with E-state index in [-0.39, 0.29) is 0 Å². The first-order valence-corrected chi connectivity index (χ1v) is 7.44. The Bertz CT molecular complexity index is 440. The van der Waals surface area contributed by atoms with E-state index in [2.05, 4.69) is 24.3 Å². The second kappa shape index (κ2) is 5.35. The van der Waals surface area contributed by atoms with Crippen molar-refractivity contribution in [3.63, 3.8) is 0 Å². The maximum absolute atomic E-state index is 11.1. The molecule has 1 atom stereocenters. The van der Waals surface area contributed by atoms with Gasteiger partial charge in [0.05, 0.1) is 0 Å². The lowest BCUT2D eigenvalue weighted by Crippen LogP contribution is -2.28. The number of carbonyl (C=O) groups is 1. The molecule has 1 aromatic rings. The molecule has 0 fully saturated rings. The molecule has 2 nitrogen and oxygen atoms in total. The second-order valence-electron chi connectivity index (χ2n) is 5.41. The van der Waals surface area contributed by atoms with E-state index >= 15 is 0 Å². The molecule has 1 unspecified atom stereocenters. The van der Waals surface area contributed by atoms with Crippen molar-refractivity contribution in [2.24, 2.45) is 0 Å². The molecule has 0 spiro atoms. The molecule has 0 saturated heterocycles. The Labute approximate surface area is 113 Å². The van der Waals surface area contributed by atoms with Gasteiger partial charge in [0, 0.05) is 5.75 Å². The molecular weight excluding hydrogens is 244 g/mol. The molecule has 18 heavy (non-hydrogen) atoms. The van der Waals surface area contributed by atoms with Crippen molar-refractivity contribution in [1.82, 2.24) is 0 Å². The first-order chi connectivity index (χ1) is 8.50. The molecular formula is C15H20O2S. The third-order valence-corrected chi connectivity index (χ3v) is 5.12. The molecule has 0 aliphatic heterocycles. The van der Waals surface area contributed by atoms with Gasteiger partial charge in [-0.2, -0.15) is 0 Å². The standard InChI is InChI=1S/C15H20O2S/c1-15(2,14(16)17)18-10-12-8-5-7-11-6-3-4-9-13(11)12/h3-4,6,9,12H,5,7-8,10H2,1-2H3,(H,16,17). The zero-order chi connectivity index (χ0) is 13.2. The monoisotopic (exact) mass is 264 g/mol. The number of aliphatic carboxylic acids is 1. The molecule has 0 amide bonds. The van der Waals surface area contributed by atoms with Crippen LogP contribution in [-0.4, -0.2) is 21.6 Å². The summed E-state index contributed by atoms with van der Waals surface area (Å²) >= 11 is 1.56. The predicted octanol–water partition coefficient (Wildman–Crippen LogP) is 3.70. The molecule has 1 aromatic carbocycles. The molecule has 0 radical (unpaired) electrons. The maximum Gasteiger partial charge on any atom is 0.319 e. The van der Waals surface area contributed by atoms with Gasteiger partial charge in [-0.1, -0.05) is 24.3 Å². The first-order valence-electron chi connectivity index (χ1n) is 6.46. The number of aryl methyl sites for hydroxylation is 1. The Morgan fingerprint density at radius 2 is 2.17 bits per heavy atom. The van der Waals surface area contributed by atoms with Crippen LogP contribution in [0.1, 0.15) is 43.7 Å². The summed E-state index contributed by atoms with van der Waals surface area (Å²) in [6, 6.07) is 8.59. The summed E-state index contributed by atoms with van der Waals surface area (Å²) < 4.78 is -0.688. The summed E-state index contributed by atoms with van der Waals surface area (Å²) in [7, 11) is 0. The number of hydrogen-bond acceptors (Lipinski definition) is 2. The molecule has 1 aliphatic rings. The number of benzene rings is 1. The SMILES string of the molecule is CC(C)(SCC1CCCc2ccccc21)C(=O)O. The fourth-order valence-corrected chi connectivity index (χ4v) is 3.49. The highest BCUT2D eigenvalue weighted by Gasteiger charge is 2.30. The van der Waals surface area contributed by atoms with Gasteiger partial charge < -0.3 is 5.11 Å². The highest BCUT2D eigenvalue weighted by Crippen LogP contribution is 2.37. The van der Waals surface area contributed by atoms with Gasteiger partial charge in [-0.25, -0.2) is 0 Å². The summed E-state index contributed by atoms with van der Waals surface area (Å²) in [6.07, 6.45) is 3.56. The van der Waals surface area contributed by atoms with Crippen molar-refractivity contribution < 1.29 is 9.90 Å². The third kappa shape index (κ3) is 2.89. The lowest BCUT2D eigenvalue weighted by molar-refractivity contribution is -0.138. The first kappa shape index (κ1) is 13.5. The molecule has 0 aromatic heterocycles. The van der Waals surface area contributed by atoms with Crippen molar-refractivity contribution in [2.45, 2.75) is 43.8 Å².